The van der Waals surface area contributed by atoms with Gasteiger partial charge in [0, 0.05) is 12.1 Å². The minimum absolute atomic E-state index is 0.0779. The number of fused-ring (bicyclic) bond motifs is 1. The zero-order chi connectivity index (χ0) is 28.3. The summed E-state index contributed by atoms with van der Waals surface area (Å²) in [6.07, 6.45) is 0.629. The fraction of sp³-hybridized carbons (Fsp3) is 0.188. The summed E-state index contributed by atoms with van der Waals surface area (Å²) >= 11 is 2.82. The van der Waals surface area contributed by atoms with Crippen LogP contribution in [0.15, 0.2) is 94.4 Å². The van der Waals surface area contributed by atoms with E-state index in [1.807, 2.05) is 48.5 Å². The van der Waals surface area contributed by atoms with Gasteiger partial charge in [-0.15, -0.1) is 10.2 Å². The van der Waals surface area contributed by atoms with E-state index < -0.39 is 0 Å². The number of rotatable bonds is 8. The van der Waals surface area contributed by atoms with Crippen molar-refractivity contribution in [1.29, 1.82) is 0 Å². The molecule has 206 valence electrons. The summed E-state index contributed by atoms with van der Waals surface area (Å²) in [7, 11) is 1.65. The van der Waals surface area contributed by atoms with Gasteiger partial charge in [-0.2, -0.15) is 5.10 Å². The van der Waals surface area contributed by atoms with Crippen LogP contribution in [0.4, 0.5) is 10.8 Å². The Morgan fingerprint density at radius 3 is 2.61 bits per heavy atom. The molecule has 0 unspecified atom stereocenters. The van der Waals surface area contributed by atoms with Crippen molar-refractivity contribution in [3.05, 3.63) is 107 Å². The number of nitrogens with one attached hydrogen (secondary N) is 1. The Morgan fingerprint density at radius 1 is 1.00 bits per heavy atom. The highest BCUT2D eigenvalue weighted by Gasteiger charge is 2.33. The van der Waals surface area contributed by atoms with Gasteiger partial charge in [0.25, 0.3) is 5.91 Å². The summed E-state index contributed by atoms with van der Waals surface area (Å²) in [5.41, 5.74) is 6.32. The molecule has 7 nitrogen and oxygen atoms in total. The van der Waals surface area contributed by atoms with E-state index >= 15 is 0 Å². The normalized spacial score (nSPS) is 14.8. The standard InChI is InChI=1S/C32H29N5O2S2/c1-20-7-6-10-27(21(20)2)33-31-34-35-32(41-31)40-19-30(38)37-29(23-13-15-26(39-3)16-14-23)18-28(36-37)25-12-11-22-8-4-5-9-24(22)17-25/h4-17,29H,18-19H2,1-3H3,(H,33,34)/t29-/m0/s1. The van der Waals surface area contributed by atoms with Gasteiger partial charge in [-0.3, -0.25) is 4.79 Å². The van der Waals surface area contributed by atoms with Crippen molar-refractivity contribution in [2.24, 2.45) is 5.10 Å². The van der Waals surface area contributed by atoms with Gasteiger partial charge in [-0.25, -0.2) is 5.01 Å². The molecule has 0 aliphatic carbocycles. The molecule has 0 radical (unpaired) electrons. The van der Waals surface area contributed by atoms with Crippen molar-refractivity contribution < 1.29 is 9.53 Å². The zero-order valence-electron chi connectivity index (χ0n) is 23.0. The van der Waals surface area contributed by atoms with Gasteiger partial charge in [0.05, 0.1) is 24.6 Å². The number of thioether (sulfide) groups is 1. The van der Waals surface area contributed by atoms with E-state index in [2.05, 4.69) is 65.8 Å². The van der Waals surface area contributed by atoms with Crippen molar-refractivity contribution >= 4 is 56.3 Å². The summed E-state index contributed by atoms with van der Waals surface area (Å²) in [4.78, 5) is 13.6. The Bertz CT molecular complexity index is 1750. The largest absolute Gasteiger partial charge is 0.497 e. The van der Waals surface area contributed by atoms with Crippen LogP contribution in [0.1, 0.15) is 34.7 Å². The third-order valence-electron chi connectivity index (χ3n) is 7.32. The fourth-order valence-corrected chi connectivity index (χ4v) is 6.50. The Balaban J connectivity index is 1.21. The average molecular weight is 580 g/mol. The monoisotopic (exact) mass is 579 g/mol. The minimum Gasteiger partial charge on any atom is -0.497 e. The lowest BCUT2D eigenvalue weighted by Crippen LogP contribution is -2.28. The summed E-state index contributed by atoms with van der Waals surface area (Å²) in [5.74, 6) is 0.905. The Hall–Kier alpha value is -4.21. The Kier molecular flexibility index (Phi) is 7.71. The van der Waals surface area contributed by atoms with Crippen LogP contribution in [-0.2, 0) is 4.79 Å². The molecule has 0 saturated carbocycles. The number of nitrogens with zero attached hydrogens (tertiary/aromatic N) is 4. The fourth-order valence-electron chi connectivity index (χ4n) is 4.88. The highest BCUT2D eigenvalue weighted by molar-refractivity contribution is 8.01. The Morgan fingerprint density at radius 2 is 1.80 bits per heavy atom. The van der Waals surface area contributed by atoms with E-state index in [9.17, 15) is 4.79 Å². The smallest absolute Gasteiger partial charge is 0.253 e. The predicted molar refractivity (Wildman–Crippen MR) is 168 cm³/mol. The van der Waals surface area contributed by atoms with Crippen molar-refractivity contribution in [1.82, 2.24) is 15.2 Å². The van der Waals surface area contributed by atoms with E-state index in [-0.39, 0.29) is 17.7 Å². The molecule has 1 aliphatic heterocycles. The second kappa shape index (κ2) is 11.7. The molecule has 0 fully saturated rings. The molecule has 1 atom stereocenters. The number of hydrogen-bond donors (Lipinski definition) is 1. The van der Waals surface area contributed by atoms with Crippen LogP contribution in [-0.4, -0.2) is 39.7 Å². The summed E-state index contributed by atoms with van der Waals surface area (Å²) in [6.45, 7) is 4.16. The molecule has 0 bridgehead atoms. The molecule has 1 aliphatic rings. The number of benzene rings is 4. The van der Waals surface area contributed by atoms with Gasteiger partial charge < -0.3 is 10.1 Å². The maximum atomic E-state index is 13.6. The quantitative estimate of drug-likeness (QED) is 0.192. The molecule has 9 heteroatoms. The molecule has 0 saturated heterocycles. The van der Waals surface area contributed by atoms with Crippen molar-refractivity contribution in [3.63, 3.8) is 0 Å². The zero-order valence-corrected chi connectivity index (χ0v) is 24.6. The third kappa shape index (κ3) is 5.82. The van der Waals surface area contributed by atoms with Crippen molar-refractivity contribution in [2.75, 3.05) is 18.2 Å². The highest BCUT2D eigenvalue weighted by Crippen LogP contribution is 2.36. The number of ether oxygens (including phenoxy) is 1. The van der Waals surface area contributed by atoms with Crippen molar-refractivity contribution in [2.45, 2.75) is 30.6 Å². The van der Waals surface area contributed by atoms with Gasteiger partial charge >= 0.3 is 0 Å². The topological polar surface area (TPSA) is 79.7 Å². The van der Waals surface area contributed by atoms with Crippen LogP contribution >= 0.6 is 23.1 Å². The molecule has 2 heterocycles. The number of hydrazone groups is 1. The second-order valence-corrected chi connectivity index (χ2v) is 12.1. The lowest BCUT2D eigenvalue weighted by atomic mass is 9.97. The maximum absolute atomic E-state index is 13.6. The number of carbonyl (C=O) groups is 1. The average Bonchev–Trinajstić information content (AvgIpc) is 3.66. The molecule has 1 N–H and O–H groups in total. The minimum atomic E-state index is -0.202. The van der Waals surface area contributed by atoms with Crippen LogP contribution in [0.2, 0.25) is 0 Å². The first-order chi connectivity index (χ1) is 20.0. The molecular formula is C32H29N5O2S2. The van der Waals surface area contributed by atoms with E-state index in [1.54, 1.807) is 12.1 Å². The lowest BCUT2D eigenvalue weighted by Gasteiger charge is -2.22. The predicted octanol–water partition coefficient (Wildman–Crippen LogP) is 7.53. The first-order valence-corrected chi connectivity index (χ1v) is 15.1. The van der Waals surface area contributed by atoms with Gasteiger partial charge in [-0.05, 0) is 71.1 Å². The number of anilines is 2. The second-order valence-electron chi connectivity index (χ2n) is 9.87. The molecule has 4 aromatic carbocycles. The molecule has 41 heavy (non-hydrogen) atoms. The molecule has 1 amide bonds. The van der Waals surface area contributed by atoms with Crippen LogP contribution < -0.4 is 10.1 Å². The van der Waals surface area contributed by atoms with E-state index in [4.69, 9.17) is 9.84 Å². The van der Waals surface area contributed by atoms with E-state index in [0.717, 1.165) is 38.0 Å². The number of amides is 1. The van der Waals surface area contributed by atoms with Crippen LogP contribution in [0.25, 0.3) is 10.8 Å². The number of aryl methyl sites for hydroxylation is 1. The summed E-state index contributed by atoms with van der Waals surface area (Å²) < 4.78 is 6.07. The molecular weight excluding hydrogens is 551 g/mol. The van der Waals surface area contributed by atoms with Gasteiger partial charge in [0.1, 0.15) is 5.75 Å². The Labute approximate surface area is 247 Å². The van der Waals surface area contributed by atoms with Crippen LogP contribution in [0.5, 0.6) is 5.75 Å². The lowest BCUT2D eigenvalue weighted by molar-refractivity contribution is -0.130. The number of methoxy groups -OCH3 is 1. The summed E-state index contributed by atoms with van der Waals surface area (Å²) in [6, 6.07) is 28.4. The van der Waals surface area contributed by atoms with Crippen LogP contribution in [0.3, 0.4) is 0 Å². The van der Waals surface area contributed by atoms with Crippen molar-refractivity contribution in [3.8, 4) is 5.75 Å². The highest BCUT2D eigenvalue weighted by atomic mass is 32.2. The van der Waals surface area contributed by atoms with E-state index in [0.29, 0.717) is 11.6 Å². The number of hydrogen-bond acceptors (Lipinski definition) is 8. The number of aromatic nitrogens is 2. The van der Waals surface area contributed by atoms with Gasteiger partial charge in [0.15, 0.2) is 4.34 Å². The molecule has 6 rings (SSSR count). The first-order valence-electron chi connectivity index (χ1n) is 13.3. The van der Waals surface area contributed by atoms with E-state index in [1.165, 1.54) is 39.6 Å². The first kappa shape index (κ1) is 27.0. The molecule has 5 aromatic rings. The summed E-state index contributed by atoms with van der Waals surface area (Å²) in [5, 5.41) is 21.5. The van der Waals surface area contributed by atoms with Crippen LogP contribution in [0, 0.1) is 13.8 Å². The van der Waals surface area contributed by atoms with Gasteiger partial charge in [-0.1, -0.05) is 83.8 Å². The molecule has 1 aromatic heterocycles. The molecule has 0 spiro atoms. The SMILES string of the molecule is COc1ccc([C@@H]2CC(c3ccc4ccccc4c3)=NN2C(=O)CSc2nnc(Nc3cccc(C)c3C)s2)cc1. The van der Waals surface area contributed by atoms with Gasteiger partial charge in [0.2, 0.25) is 5.13 Å². The number of carbonyl (C=O) groups excluding carboxylic acids is 1. The third-order valence-corrected chi connectivity index (χ3v) is 9.28. The maximum Gasteiger partial charge on any atom is 0.253 e.